The summed E-state index contributed by atoms with van der Waals surface area (Å²) in [4.78, 5) is 12.9. The Hall–Kier alpha value is -2.03. The molecule has 0 bridgehead atoms. The van der Waals surface area contributed by atoms with Gasteiger partial charge in [0.15, 0.2) is 0 Å². The number of nitriles is 1. The highest BCUT2D eigenvalue weighted by Crippen LogP contribution is 2.30. The zero-order valence-electron chi connectivity index (χ0n) is 8.53. The molecule has 1 unspecified atom stereocenters. The van der Waals surface area contributed by atoms with Crippen LogP contribution in [0, 0.1) is 11.3 Å². The molecule has 1 heterocycles. The molecule has 0 saturated carbocycles. The predicted octanol–water partition coefficient (Wildman–Crippen LogP) is 2.05. The van der Waals surface area contributed by atoms with Gasteiger partial charge in [0, 0.05) is 5.56 Å². The average Bonchev–Trinajstić information content (AvgIpc) is 3.06. The van der Waals surface area contributed by atoms with E-state index in [1.807, 2.05) is 6.07 Å². The van der Waals surface area contributed by atoms with Crippen LogP contribution in [0.25, 0.3) is 0 Å². The van der Waals surface area contributed by atoms with Gasteiger partial charge in [0.2, 0.25) is 0 Å². The molecule has 17 heavy (non-hydrogen) atoms. The molecular weight excluding hydrogens is 233 g/mol. The van der Waals surface area contributed by atoms with Gasteiger partial charge in [-0.1, -0.05) is 6.07 Å². The van der Waals surface area contributed by atoms with E-state index in [1.165, 1.54) is 17.0 Å². The Morgan fingerprint density at radius 1 is 1.47 bits per heavy atom. The lowest BCUT2D eigenvalue weighted by atomic mass is 10.1. The summed E-state index contributed by atoms with van der Waals surface area (Å²) in [5.74, 6) is -0.539. The summed E-state index contributed by atoms with van der Waals surface area (Å²) in [5.41, 5.74) is -0.906. The minimum Gasteiger partial charge on any atom is -0.318 e. The quantitative estimate of drug-likeness (QED) is 0.705. The van der Waals surface area contributed by atoms with Gasteiger partial charge in [-0.05, 0) is 18.2 Å². The minimum absolute atomic E-state index is 0.0439. The van der Waals surface area contributed by atoms with Gasteiger partial charge in [-0.3, -0.25) is 4.79 Å². The first kappa shape index (κ1) is 11.5. The maximum absolute atomic E-state index is 12.4. The molecule has 1 fully saturated rings. The number of hydrogen-bond donors (Lipinski definition) is 0. The highest BCUT2D eigenvalue weighted by molar-refractivity contribution is 5.96. The van der Waals surface area contributed by atoms with Gasteiger partial charge in [-0.2, -0.15) is 18.4 Å². The molecule has 6 heteroatoms. The lowest BCUT2D eigenvalue weighted by molar-refractivity contribution is -0.137. The third-order valence-corrected chi connectivity index (χ3v) is 2.46. The number of carbonyl (C=O) groups is 1. The van der Waals surface area contributed by atoms with Crippen LogP contribution < -0.4 is 0 Å². The van der Waals surface area contributed by atoms with Gasteiger partial charge in [0.05, 0.1) is 18.2 Å². The fraction of sp³-hybridized carbons (Fsp3) is 0.273. The molecular formula is C11H7F3N2O. The van der Waals surface area contributed by atoms with Crippen molar-refractivity contribution >= 4 is 5.91 Å². The van der Waals surface area contributed by atoms with Crippen LogP contribution in [0.15, 0.2) is 24.3 Å². The number of rotatable bonds is 1. The van der Waals surface area contributed by atoms with E-state index in [2.05, 4.69) is 0 Å². The van der Waals surface area contributed by atoms with Crippen LogP contribution in [0.2, 0.25) is 0 Å². The Morgan fingerprint density at radius 2 is 2.18 bits per heavy atom. The number of hydrogen-bond acceptors (Lipinski definition) is 2. The van der Waals surface area contributed by atoms with Crippen molar-refractivity contribution in [3.63, 3.8) is 0 Å². The van der Waals surface area contributed by atoms with E-state index >= 15 is 0 Å². The Balaban J connectivity index is 2.23. The molecule has 0 spiro atoms. The van der Waals surface area contributed by atoms with Gasteiger partial charge in [-0.25, -0.2) is 0 Å². The van der Waals surface area contributed by atoms with Gasteiger partial charge in [0.1, 0.15) is 6.04 Å². The van der Waals surface area contributed by atoms with Crippen LogP contribution in [-0.2, 0) is 6.18 Å². The van der Waals surface area contributed by atoms with E-state index in [1.54, 1.807) is 0 Å². The zero-order chi connectivity index (χ0) is 12.6. The normalized spacial score (nSPS) is 18.7. The Morgan fingerprint density at radius 3 is 2.71 bits per heavy atom. The molecule has 0 radical (unpaired) electrons. The van der Waals surface area contributed by atoms with Crippen LogP contribution in [-0.4, -0.2) is 23.4 Å². The number of nitrogens with zero attached hydrogens (tertiary/aromatic N) is 2. The molecule has 1 aromatic carbocycles. The highest BCUT2D eigenvalue weighted by atomic mass is 19.4. The highest BCUT2D eigenvalue weighted by Gasteiger charge is 2.39. The van der Waals surface area contributed by atoms with Gasteiger partial charge >= 0.3 is 6.18 Å². The number of halogens is 3. The average molecular weight is 240 g/mol. The number of carbonyl (C=O) groups excluding carboxylic acids is 1. The predicted molar refractivity (Wildman–Crippen MR) is 51.9 cm³/mol. The van der Waals surface area contributed by atoms with Crippen LogP contribution in [0.1, 0.15) is 15.9 Å². The van der Waals surface area contributed by atoms with Crippen molar-refractivity contribution in [3.05, 3.63) is 35.4 Å². The summed E-state index contributed by atoms with van der Waals surface area (Å²) in [6.07, 6.45) is -4.47. The fourth-order valence-electron chi connectivity index (χ4n) is 1.47. The van der Waals surface area contributed by atoms with Crippen molar-refractivity contribution in [2.75, 3.05) is 6.54 Å². The number of benzene rings is 1. The topological polar surface area (TPSA) is 43.9 Å². The maximum atomic E-state index is 12.4. The van der Waals surface area contributed by atoms with Gasteiger partial charge in [-0.15, -0.1) is 0 Å². The van der Waals surface area contributed by atoms with Crippen molar-refractivity contribution in [1.29, 1.82) is 5.26 Å². The lowest BCUT2D eigenvalue weighted by Crippen LogP contribution is -2.14. The fourth-order valence-corrected chi connectivity index (χ4v) is 1.47. The number of alkyl halides is 3. The third kappa shape index (κ3) is 2.23. The zero-order valence-corrected chi connectivity index (χ0v) is 8.53. The molecule has 0 aliphatic carbocycles. The van der Waals surface area contributed by atoms with Gasteiger partial charge < -0.3 is 4.90 Å². The first-order chi connectivity index (χ1) is 7.93. The van der Waals surface area contributed by atoms with Crippen molar-refractivity contribution in [2.45, 2.75) is 12.2 Å². The molecule has 1 saturated heterocycles. The van der Waals surface area contributed by atoms with Crippen LogP contribution in [0.5, 0.6) is 0 Å². The van der Waals surface area contributed by atoms with Gasteiger partial charge in [0.25, 0.3) is 5.91 Å². The summed E-state index contributed by atoms with van der Waals surface area (Å²) < 4.78 is 37.2. The second-order valence-corrected chi connectivity index (χ2v) is 3.68. The van der Waals surface area contributed by atoms with E-state index in [9.17, 15) is 18.0 Å². The van der Waals surface area contributed by atoms with Crippen molar-refractivity contribution < 1.29 is 18.0 Å². The summed E-state index contributed by atoms with van der Waals surface area (Å²) >= 11 is 0. The summed E-state index contributed by atoms with van der Waals surface area (Å²) in [6.45, 7) is 0.283. The summed E-state index contributed by atoms with van der Waals surface area (Å²) in [6, 6.07) is 5.56. The smallest absolute Gasteiger partial charge is 0.318 e. The Kier molecular flexibility index (Phi) is 2.54. The van der Waals surface area contributed by atoms with E-state index in [4.69, 9.17) is 5.26 Å². The van der Waals surface area contributed by atoms with E-state index in [0.29, 0.717) is 0 Å². The molecule has 0 aromatic heterocycles. The molecule has 88 valence electrons. The first-order valence-corrected chi connectivity index (χ1v) is 4.81. The van der Waals surface area contributed by atoms with Crippen LogP contribution in [0.3, 0.4) is 0 Å². The molecule has 1 atom stereocenters. The molecule has 1 amide bonds. The van der Waals surface area contributed by atoms with Crippen LogP contribution >= 0.6 is 0 Å². The van der Waals surface area contributed by atoms with Crippen molar-refractivity contribution in [1.82, 2.24) is 4.90 Å². The van der Waals surface area contributed by atoms with Crippen LogP contribution in [0.4, 0.5) is 13.2 Å². The molecule has 1 aromatic rings. The second kappa shape index (κ2) is 3.77. The molecule has 1 aliphatic rings. The summed E-state index contributed by atoms with van der Waals surface area (Å²) in [5, 5.41) is 8.53. The van der Waals surface area contributed by atoms with Crippen molar-refractivity contribution in [2.24, 2.45) is 0 Å². The standard InChI is InChI=1S/C11H7F3N2O/c12-11(13,14)8-3-1-2-7(4-8)10(17)16-6-9(16)5-15/h1-4,9H,6H2. The van der Waals surface area contributed by atoms with E-state index in [-0.39, 0.29) is 12.1 Å². The molecule has 3 nitrogen and oxygen atoms in total. The molecule has 0 N–H and O–H groups in total. The largest absolute Gasteiger partial charge is 0.416 e. The third-order valence-electron chi connectivity index (χ3n) is 2.46. The maximum Gasteiger partial charge on any atom is 0.416 e. The molecule has 1 aliphatic heterocycles. The number of amides is 1. The first-order valence-electron chi connectivity index (χ1n) is 4.81. The minimum atomic E-state index is -4.47. The monoisotopic (exact) mass is 240 g/mol. The SMILES string of the molecule is N#CC1CN1C(=O)c1cccc(C(F)(F)F)c1. The summed E-state index contributed by atoms with van der Waals surface area (Å²) in [7, 11) is 0. The Labute approximate surface area is 95.1 Å². The van der Waals surface area contributed by atoms with E-state index in [0.717, 1.165) is 12.1 Å². The van der Waals surface area contributed by atoms with E-state index < -0.39 is 23.7 Å². The van der Waals surface area contributed by atoms with Crippen molar-refractivity contribution in [3.8, 4) is 6.07 Å². The Bertz CT molecular complexity index is 504. The molecule has 2 rings (SSSR count). The lowest BCUT2D eigenvalue weighted by Gasteiger charge is -2.08. The second-order valence-electron chi connectivity index (χ2n) is 3.68.